The highest BCUT2D eigenvalue weighted by atomic mass is 79.9. The van der Waals surface area contributed by atoms with E-state index in [0.29, 0.717) is 17.7 Å². The van der Waals surface area contributed by atoms with Crippen LogP contribution in [0.1, 0.15) is 75.0 Å². The van der Waals surface area contributed by atoms with Crippen LogP contribution in [-0.2, 0) is 4.74 Å². The normalized spacial score (nSPS) is 25.2. The van der Waals surface area contributed by atoms with E-state index in [0.717, 1.165) is 23.2 Å². The molecule has 1 heterocycles. The van der Waals surface area contributed by atoms with E-state index in [4.69, 9.17) is 4.74 Å². The van der Waals surface area contributed by atoms with Gasteiger partial charge in [0.1, 0.15) is 0 Å². The van der Waals surface area contributed by atoms with Crippen molar-refractivity contribution >= 4 is 21.8 Å². The number of rotatable bonds is 5. The summed E-state index contributed by atoms with van der Waals surface area (Å²) in [5, 5.41) is 7.28. The number of halogens is 1. The highest BCUT2D eigenvalue weighted by Gasteiger charge is 2.59. The maximum Gasteiger partial charge on any atom is 0.275 e. The molecule has 0 aromatic carbocycles. The summed E-state index contributed by atoms with van der Waals surface area (Å²) in [6.07, 6.45) is 6.06. The Kier molecular flexibility index (Phi) is 5.07. The molecule has 2 aliphatic carbocycles. The Morgan fingerprint density at radius 1 is 1.46 bits per heavy atom. The number of nitrogens with one attached hydrogen (secondary N) is 1. The van der Waals surface area contributed by atoms with Gasteiger partial charge in [-0.1, -0.05) is 26.7 Å². The molecule has 1 N–H and O–H groups in total. The Morgan fingerprint density at radius 3 is 2.67 bits per heavy atom. The summed E-state index contributed by atoms with van der Waals surface area (Å²) in [6.45, 7) is 6.98. The summed E-state index contributed by atoms with van der Waals surface area (Å²) in [5.41, 5.74) is 1.63. The second kappa shape index (κ2) is 6.79. The highest BCUT2D eigenvalue weighted by Crippen LogP contribution is 2.56. The molecule has 1 aromatic rings. The summed E-state index contributed by atoms with van der Waals surface area (Å²) in [6, 6.07) is 0.259. The zero-order chi connectivity index (χ0) is 17.5. The molecule has 2 aliphatic rings. The number of hydrogen-bond acceptors (Lipinski definition) is 3. The van der Waals surface area contributed by atoms with E-state index in [1.807, 2.05) is 11.9 Å². The lowest BCUT2D eigenvalue weighted by atomic mass is 9.60. The number of aromatic amines is 1. The fourth-order valence-corrected chi connectivity index (χ4v) is 5.37. The predicted octanol–water partition coefficient (Wildman–Crippen LogP) is 4.11. The van der Waals surface area contributed by atoms with Gasteiger partial charge in [0.05, 0.1) is 16.3 Å². The van der Waals surface area contributed by atoms with Gasteiger partial charge in [0.25, 0.3) is 5.91 Å². The third-order valence-corrected chi connectivity index (χ3v) is 6.75. The standard InChI is InChI=1S/C18H28BrN3O2/c1-5-24-13-10-12(18(13)8-6-7-9-18)22(4)17(23)16-14(19)15(11(2)3)20-21-16/h11-13H,5-10H2,1-4H3,(H,20,21)/t12-,13-/m1/s1. The fraction of sp³-hybridized carbons (Fsp3) is 0.778. The zero-order valence-electron chi connectivity index (χ0n) is 15.1. The topological polar surface area (TPSA) is 58.2 Å². The van der Waals surface area contributed by atoms with Crippen LogP contribution in [0.2, 0.25) is 0 Å². The van der Waals surface area contributed by atoms with Crippen molar-refractivity contribution in [1.82, 2.24) is 15.1 Å². The molecule has 1 amide bonds. The summed E-state index contributed by atoms with van der Waals surface area (Å²) in [4.78, 5) is 14.9. The molecule has 0 radical (unpaired) electrons. The molecule has 6 heteroatoms. The van der Waals surface area contributed by atoms with Crippen LogP contribution in [0.5, 0.6) is 0 Å². The molecular weight excluding hydrogens is 370 g/mol. The van der Waals surface area contributed by atoms with Gasteiger partial charge in [-0.05, 0) is 48.0 Å². The van der Waals surface area contributed by atoms with E-state index >= 15 is 0 Å². The molecule has 5 nitrogen and oxygen atoms in total. The van der Waals surface area contributed by atoms with Gasteiger partial charge < -0.3 is 9.64 Å². The molecule has 24 heavy (non-hydrogen) atoms. The molecule has 2 saturated carbocycles. The van der Waals surface area contributed by atoms with Crippen LogP contribution in [0, 0.1) is 5.41 Å². The molecule has 0 unspecified atom stereocenters. The van der Waals surface area contributed by atoms with Crippen molar-refractivity contribution in [1.29, 1.82) is 0 Å². The molecule has 134 valence electrons. The summed E-state index contributed by atoms with van der Waals surface area (Å²) in [7, 11) is 1.92. The lowest BCUT2D eigenvalue weighted by Crippen LogP contribution is -2.64. The van der Waals surface area contributed by atoms with Gasteiger partial charge in [0.15, 0.2) is 5.69 Å². The first-order valence-corrected chi connectivity index (χ1v) is 9.84. The largest absolute Gasteiger partial charge is 0.378 e. The average molecular weight is 398 g/mol. The summed E-state index contributed by atoms with van der Waals surface area (Å²) < 4.78 is 6.77. The quantitative estimate of drug-likeness (QED) is 0.812. The highest BCUT2D eigenvalue weighted by molar-refractivity contribution is 9.10. The Hall–Kier alpha value is -0.880. The van der Waals surface area contributed by atoms with Gasteiger partial charge in [-0.3, -0.25) is 9.89 Å². The van der Waals surface area contributed by atoms with Crippen molar-refractivity contribution in [2.24, 2.45) is 5.41 Å². The Bertz CT molecular complexity index is 607. The van der Waals surface area contributed by atoms with Gasteiger partial charge in [-0.2, -0.15) is 5.10 Å². The van der Waals surface area contributed by atoms with Crippen molar-refractivity contribution in [2.75, 3.05) is 13.7 Å². The second-order valence-corrected chi connectivity index (χ2v) is 8.30. The lowest BCUT2D eigenvalue weighted by Gasteiger charge is -2.56. The minimum Gasteiger partial charge on any atom is -0.378 e. The Labute approximate surface area is 152 Å². The molecule has 1 spiro atoms. The van der Waals surface area contributed by atoms with E-state index < -0.39 is 0 Å². The van der Waals surface area contributed by atoms with Crippen molar-refractivity contribution in [2.45, 2.75) is 70.9 Å². The van der Waals surface area contributed by atoms with Crippen molar-refractivity contribution in [3.8, 4) is 0 Å². The van der Waals surface area contributed by atoms with E-state index in [9.17, 15) is 4.79 Å². The van der Waals surface area contributed by atoms with Gasteiger partial charge in [0, 0.05) is 25.1 Å². The number of hydrogen-bond donors (Lipinski definition) is 1. The predicted molar refractivity (Wildman–Crippen MR) is 97.2 cm³/mol. The fourth-order valence-electron chi connectivity index (χ4n) is 4.57. The van der Waals surface area contributed by atoms with Crippen LogP contribution < -0.4 is 0 Å². The van der Waals surface area contributed by atoms with E-state index in [-0.39, 0.29) is 17.4 Å². The molecule has 1 aromatic heterocycles. The van der Waals surface area contributed by atoms with Crippen molar-refractivity contribution < 1.29 is 9.53 Å². The number of carbonyl (C=O) groups excluding carboxylic acids is 1. The maximum atomic E-state index is 13.0. The number of nitrogens with zero attached hydrogens (tertiary/aromatic N) is 2. The average Bonchev–Trinajstić information content (AvgIpc) is 3.18. The lowest BCUT2D eigenvalue weighted by molar-refractivity contribution is -0.152. The number of H-pyrrole nitrogens is 1. The summed E-state index contributed by atoms with van der Waals surface area (Å²) >= 11 is 3.56. The summed E-state index contributed by atoms with van der Waals surface area (Å²) in [5.74, 6) is 0.294. The maximum absolute atomic E-state index is 13.0. The number of ether oxygens (including phenoxy) is 1. The minimum absolute atomic E-state index is 0.00347. The SMILES string of the molecule is CCO[C@@H]1C[C@@H](N(C)C(=O)c2n[nH]c(C(C)C)c2Br)C12CCCC2. The van der Waals surface area contributed by atoms with Crippen LogP contribution in [0.15, 0.2) is 4.47 Å². The van der Waals surface area contributed by atoms with E-state index in [1.54, 1.807) is 0 Å². The second-order valence-electron chi connectivity index (χ2n) is 7.51. The third-order valence-electron chi connectivity index (χ3n) is 5.94. The van der Waals surface area contributed by atoms with Gasteiger partial charge in [-0.25, -0.2) is 0 Å². The zero-order valence-corrected chi connectivity index (χ0v) is 16.6. The van der Waals surface area contributed by atoms with Crippen molar-refractivity contribution in [3.63, 3.8) is 0 Å². The van der Waals surface area contributed by atoms with Gasteiger partial charge in [0.2, 0.25) is 0 Å². The monoisotopic (exact) mass is 397 g/mol. The van der Waals surface area contributed by atoms with Crippen LogP contribution in [0.25, 0.3) is 0 Å². The minimum atomic E-state index is -0.00347. The first-order valence-electron chi connectivity index (χ1n) is 9.05. The van der Waals surface area contributed by atoms with Crippen LogP contribution in [0.3, 0.4) is 0 Å². The molecular formula is C18H28BrN3O2. The van der Waals surface area contributed by atoms with Gasteiger partial charge >= 0.3 is 0 Å². The smallest absolute Gasteiger partial charge is 0.275 e. The molecule has 2 fully saturated rings. The van der Waals surface area contributed by atoms with Crippen LogP contribution in [0.4, 0.5) is 0 Å². The molecule has 0 saturated heterocycles. The first kappa shape index (κ1) is 17.9. The van der Waals surface area contributed by atoms with E-state index in [2.05, 4.69) is 46.9 Å². The number of carbonyl (C=O) groups is 1. The molecule has 0 aliphatic heterocycles. The third kappa shape index (κ3) is 2.71. The van der Waals surface area contributed by atoms with Gasteiger partial charge in [-0.15, -0.1) is 0 Å². The van der Waals surface area contributed by atoms with E-state index in [1.165, 1.54) is 25.7 Å². The Balaban J connectivity index is 1.79. The van der Waals surface area contributed by atoms with Crippen LogP contribution >= 0.6 is 15.9 Å². The molecule has 2 atom stereocenters. The van der Waals surface area contributed by atoms with Crippen molar-refractivity contribution in [3.05, 3.63) is 15.9 Å². The first-order chi connectivity index (χ1) is 11.4. The number of amides is 1. The Morgan fingerprint density at radius 2 is 2.12 bits per heavy atom. The molecule has 0 bridgehead atoms. The number of aromatic nitrogens is 2. The van der Waals surface area contributed by atoms with Crippen LogP contribution in [-0.4, -0.2) is 46.8 Å². The molecule has 3 rings (SSSR count).